The van der Waals surface area contributed by atoms with Crippen LogP contribution in [-0.4, -0.2) is 17.6 Å². The van der Waals surface area contributed by atoms with Crippen molar-refractivity contribution in [3.8, 4) is 11.5 Å². The van der Waals surface area contributed by atoms with Crippen LogP contribution in [-0.2, 0) is 0 Å². The van der Waals surface area contributed by atoms with E-state index in [1.807, 2.05) is 0 Å². The van der Waals surface area contributed by atoms with Gasteiger partial charge in [-0.3, -0.25) is 4.79 Å². The van der Waals surface area contributed by atoms with Gasteiger partial charge in [0.2, 0.25) is 0 Å². The quantitative estimate of drug-likeness (QED) is 0.745. The number of benzene rings is 2. The molecule has 2 aromatic carbocycles. The van der Waals surface area contributed by atoms with Crippen molar-refractivity contribution in [2.45, 2.75) is 19.3 Å². The molecule has 126 valence electrons. The normalized spacial score (nSPS) is 13.6. The Bertz CT molecular complexity index is 760. The molecule has 3 rings (SSSR count). The summed E-state index contributed by atoms with van der Waals surface area (Å²) < 4.78 is 5.77. The number of aromatic hydroxyl groups is 1. The van der Waals surface area contributed by atoms with Crippen molar-refractivity contribution in [3.63, 3.8) is 0 Å². The van der Waals surface area contributed by atoms with Crippen molar-refractivity contribution >= 4 is 34.8 Å². The first-order chi connectivity index (χ1) is 11.5. The molecule has 1 amide bonds. The molecule has 1 fully saturated rings. The van der Waals surface area contributed by atoms with E-state index in [2.05, 4.69) is 5.32 Å². The second-order valence-corrected chi connectivity index (χ2v) is 6.71. The van der Waals surface area contributed by atoms with Crippen molar-refractivity contribution in [3.05, 3.63) is 52.0 Å². The number of carbonyl (C=O) groups is 1. The maximum Gasteiger partial charge on any atom is 0.259 e. The zero-order valence-corrected chi connectivity index (χ0v) is 14.4. The molecule has 2 N–H and O–H groups in total. The summed E-state index contributed by atoms with van der Waals surface area (Å²) in [6, 6.07) is 9.35. The summed E-state index contributed by atoms with van der Waals surface area (Å²) in [5.74, 6) is 0.688. The number of hydrogen-bond donors (Lipinski definition) is 2. The van der Waals surface area contributed by atoms with Crippen molar-refractivity contribution in [2.75, 3.05) is 11.9 Å². The number of hydrogen-bond acceptors (Lipinski definition) is 3. The Morgan fingerprint density at radius 1 is 1.17 bits per heavy atom. The van der Waals surface area contributed by atoms with E-state index in [0.29, 0.717) is 28.1 Å². The zero-order chi connectivity index (χ0) is 17.1. The van der Waals surface area contributed by atoms with Crippen molar-refractivity contribution in [2.24, 2.45) is 5.92 Å². The van der Waals surface area contributed by atoms with Crippen LogP contribution >= 0.6 is 23.2 Å². The Morgan fingerprint density at radius 3 is 2.62 bits per heavy atom. The van der Waals surface area contributed by atoms with Gasteiger partial charge in [0.15, 0.2) is 0 Å². The van der Waals surface area contributed by atoms with Gasteiger partial charge in [-0.1, -0.05) is 36.0 Å². The first-order valence-corrected chi connectivity index (χ1v) is 8.51. The Hall–Kier alpha value is -1.91. The van der Waals surface area contributed by atoms with Crippen LogP contribution in [0.15, 0.2) is 36.4 Å². The number of phenolic OH excluding ortho intramolecular Hbond substituents is 1. The smallest absolute Gasteiger partial charge is 0.259 e. The molecule has 1 aliphatic rings. The van der Waals surface area contributed by atoms with Crippen LogP contribution in [0, 0.1) is 5.92 Å². The van der Waals surface area contributed by atoms with Crippen molar-refractivity contribution in [1.29, 1.82) is 0 Å². The molecule has 0 atom stereocenters. The molecule has 2 aromatic rings. The Morgan fingerprint density at radius 2 is 1.88 bits per heavy atom. The van der Waals surface area contributed by atoms with Gasteiger partial charge in [0.1, 0.15) is 11.5 Å². The molecule has 0 aromatic heterocycles. The molecule has 0 heterocycles. The Kier molecular flexibility index (Phi) is 5.17. The predicted molar refractivity (Wildman–Crippen MR) is 95.4 cm³/mol. The number of anilines is 1. The largest absolute Gasteiger partial charge is 0.507 e. The minimum atomic E-state index is -0.482. The molecule has 24 heavy (non-hydrogen) atoms. The highest BCUT2D eigenvalue weighted by Crippen LogP contribution is 2.34. The first-order valence-electron chi connectivity index (χ1n) is 7.75. The van der Waals surface area contributed by atoms with E-state index >= 15 is 0 Å². The van der Waals surface area contributed by atoms with Crippen LogP contribution in [0.3, 0.4) is 0 Å². The maximum absolute atomic E-state index is 12.4. The number of halogens is 2. The lowest BCUT2D eigenvalue weighted by molar-refractivity contribution is 0.102. The monoisotopic (exact) mass is 365 g/mol. The molecule has 0 saturated heterocycles. The van der Waals surface area contributed by atoms with Crippen LogP contribution in [0.25, 0.3) is 0 Å². The minimum absolute atomic E-state index is 0.0893. The Balaban J connectivity index is 1.75. The first kappa shape index (κ1) is 16.9. The molecule has 0 unspecified atom stereocenters. The summed E-state index contributed by atoms with van der Waals surface area (Å²) in [6.07, 6.45) is 3.54. The average Bonchev–Trinajstić information content (AvgIpc) is 3.36. The molecule has 1 saturated carbocycles. The third kappa shape index (κ3) is 4.34. The number of nitrogens with one attached hydrogen (secondary N) is 1. The van der Waals surface area contributed by atoms with E-state index < -0.39 is 5.91 Å². The number of ether oxygens (including phenoxy) is 1. The van der Waals surface area contributed by atoms with Gasteiger partial charge < -0.3 is 15.2 Å². The fourth-order valence-corrected chi connectivity index (χ4v) is 2.69. The van der Waals surface area contributed by atoms with Gasteiger partial charge >= 0.3 is 0 Å². The fourth-order valence-electron chi connectivity index (χ4n) is 2.35. The standard InChI is InChI=1S/C18H17Cl2NO3/c19-12-3-5-16(22)14(9-12)18(23)21-15-10-13(20)4-6-17(15)24-8-7-11-1-2-11/h3-6,9-11,22H,1-2,7-8H2,(H,21,23). The molecular formula is C18H17Cl2NO3. The highest BCUT2D eigenvalue weighted by molar-refractivity contribution is 6.31. The van der Waals surface area contributed by atoms with E-state index in [4.69, 9.17) is 27.9 Å². The van der Waals surface area contributed by atoms with E-state index in [0.717, 1.165) is 12.3 Å². The van der Waals surface area contributed by atoms with Crippen molar-refractivity contribution < 1.29 is 14.6 Å². The maximum atomic E-state index is 12.4. The van der Waals surface area contributed by atoms with Gasteiger partial charge in [0.25, 0.3) is 5.91 Å². The summed E-state index contributed by atoms with van der Waals surface area (Å²) in [5.41, 5.74) is 0.550. The van der Waals surface area contributed by atoms with Crippen LogP contribution in [0.1, 0.15) is 29.6 Å². The SMILES string of the molecule is O=C(Nc1cc(Cl)ccc1OCCC1CC1)c1cc(Cl)ccc1O. The predicted octanol–water partition coefficient (Wildman–Crippen LogP) is 5.13. The van der Waals surface area contributed by atoms with Crippen LogP contribution in [0.5, 0.6) is 11.5 Å². The summed E-state index contributed by atoms with van der Waals surface area (Å²) in [4.78, 5) is 12.4. The molecule has 0 radical (unpaired) electrons. The molecule has 6 heteroatoms. The highest BCUT2D eigenvalue weighted by atomic mass is 35.5. The number of amides is 1. The van der Waals surface area contributed by atoms with Crippen molar-refractivity contribution in [1.82, 2.24) is 0 Å². The lowest BCUT2D eigenvalue weighted by atomic mass is 10.2. The lowest BCUT2D eigenvalue weighted by Crippen LogP contribution is -2.13. The van der Waals surface area contributed by atoms with Gasteiger partial charge in [-0.25, -0.2) is 0 Å². The third-order valence-corrected chi connectivity index (χ3v) is 4.34. The van der Waals surface area contributed by atoms with Crippen LogP contribution < -0.4 is 10.1 Å². The summed E-state index contributed by atoms with van der Waals surface area (Å²) in [6.45, 7) is 0.595. The van der Waals surface area contributed by atoms with Gasteiger partial charge in [-0.2, -0.15) is 0 Å². The fraction of sp³-hybridized carbons (Fsp3) is 0.278. The van der Waals surface area contributed by atoms with Gasteiger partial charge in [-0.05, 0) is 48.7 Å². The van der Waals surface area contributed by atoms with E-state index in [1.165, 1.54) is 31.0 Å². The summed E-state index contributed by atoms with van der Waals surface area (Å²) in [5, 5.41) is 13.4. The van der Waals surface area contributed by atoms with E-state index in [1.54, 1.807) is 18.2 Å². The highest BCUT2D eigenvalue weighted by Gasteiger charge is 2.21. The lowest BCUT2D eigenvalue weighted by Gasteiger charge is -2.13. The van der Waals surface area contributed by atoms with Gasteiger partial charge in [0.05, 0.1) is 17.9 Å². The summed E-state index contributed by atoms with van der Waals surface area (Å²) in [7, 11) is 0. The zero-order valence-electron chi connectivity index (χ0n) is 12.9. The molecule has 0 bridgehead atoms. The third-order valence-electron chi connectivity index (χ3n) is 3.87. The number of carbonyl (C=O) groups excluding carboxylic acids is 1. The van der Waals surface area contributed by atoms with Crippen LogP contribution in [0.2, 0.25) is 10.0 Å². The Labute approximate surface area is 150 Å². The second-order valence-electron chi connectivity index (χ2n) is 5.84. The number of rotatable bonds is 6. The molecule has 0 spiro atoms. The van der Waals surface area contributed by atoms with E-state index in [-0.39, 0.29) is 11.3 Å². The van der Waals surface area contributed by atoms with Gasteiger partial charge in [-0.15, -0.1) is 0 Å². The van der Waals surface area contributed by atoms with Gasteiger partial charge in [0, 0.05) is 10.0 Å². The minimum Gasteiger partial charge on any atom is -0.507 e. The molecule has 1 aliphatic carbocycles. The average molecular weight is 366 g/mol. The second kappa shape index (κ2) is 7.32. The molecule has 0 aliphatic heterocycles. The molecule has 4 nitrogen and oxygen atoms in total. The summed E-state index contributed by atoms with van der Waals surface area (Å²) >= 11 is 11.9. The number of phenols is 1. The van der Waals surface area contributed by atoms with Crippen LogP contribution in [0.4, 0.5) is 5.69 Å². The topological polar surface area (TPSA) is 58.6 Å². The van der Waals surface area contributed by atoms with E-state index in [9.17, 15) is 9.90 Å². The molecular weight excluding hydrogens is 349 g/mol.